The number of aromatic nitrogens is 2. The predicted octanol–water partition coefficient (Wildman–Crippen LogP) is 3.94. The Balaban J connectivity index is 1.74. The summed E-state index contributed by atoms with van der Waals surface area (Å²) in [5.74, 6) is 1.86. The van der Waals surface area contributed by atoms with Gasteiger partial charge in [-0.25, -0.2) is 0 Å². The van der Waals surface area contributed by atoms with Gasteiger partial charge in [-0.05, 0) is 65.3 Å². The van der Waals surface area contributed by atoms with Gasteiger partial charge in [0.1, 0.15) is 0 Å². The predicted molar refractivity (Wildman–Crippen MR) is 87.9 cm³/mol. The second-order valence-corrected chi connectivity index (χ2v) is 6.67. The summed E-state index contributed by atoms with van der Waals surface area (Å²) in [6, 6.07) is 6.94. The van der Waals surface area contributed by atoms with Gasteiger partial charge < -0.3 is 9.32 Å². The van der Waals surface area contributed by atoms with Gasteiger partial charge in [0.05, 0.1) is 0 Å². The SMILES string of the molecule is Cc1ccc(-c2nnc(C3CCN(C(C)C)CC3)o2)c(C)c1. The number of piperidine rings is 1. The first kappa shape index (κ1) is 15.2. The normalized spacial score (nSPS) is 17.3. The molecule has 1 saturated heterocycles. The van der Waals surface area contributed by atoms with Crippen LogP contribution < -0.4 is 0 Å². The van der Waals surface area contributed by atoms with Gasteiger partial charge >= 0.3 is 0 Å². The Morgan fingerprint density at radius 2 is 1.86 bits per heavy atom. The molecule has 0 aliphatic carbocycles. The molecule has 0 radical (unpaired) electrons. The maximum Gasteiger partial charge on any atom is 0.248 e. The van der Waals surface area contributed by atoms with Gasteiger partial charge in [-0.2, -0.15) is 0 Å². The van der Waals surface area contributed by atoms with E-state index >= 15 is 0 Å². The van der Waals surface area contributed by atoms with E-state index in [-0.39, 0.29) is 0 Å². The zero-order valence-electron chi connectivity index (χ0n) is 14.0. The molecule has 1 aliphatic heterocycles. The van der Waals surface area contributed by atoms with Crippen molar-refractivity contribution in [2.24, 2.45) is 0 Å². The largest absolute Gasteiger partial charge is 0.420 e. The first-order chi connectivity index (χ1) is 10.5. The number of hydrogen-bond acceptors (Lipinski definition) is 4. The Morgan fingerprint density at radius 3 is 2.50 bits per heavy atom. The van der Waals surface area contributed by atoms with Crippen LogP contribution in [0.25, 0.3) is 11.5 Å². The Hall–Kier alpha value is -1.68. The lowest BCUT2D eigenvalue weighted by Gasteiger charge is -2.33. The van der Waals surface area contributed by atoms with Crippen LogP contribution in [0.3, 0.4) is 0 Å². The fourth-order valence-electron chi connectivity index (χ4n) is 3.22. The Bertz CT molecular complexity index is 640. The van der Waals surface area contributed by atoms with Gasteiger partial charge in [-0.15, -0.1) is 10.2 Å². The van der Waals surface area contributed by atoms with E-state index in [1.807, 2.05) is 0 Å². The molecule has 0 unspecified atom stereocenters. The molecule has 0 saturated carbocycles. The van der Waals surface area contributed by atoms with Crippen molar-refractivity contribution in [3.05, 3.63) is 35.2 Å². The van der Waals surface area contributed by atoms with E-state index in [4.69, 9.17) is 4.42 Å². The second-order valence-electron chi connectivity index (χ2n) is 6.67. The highest BCUT2D eigenvalue weighted by molar-refractivity contribution is 5.58. The molecular formula is C18H25N3O. The standard InChI is InChI=1S/C18H25N3O/c1-12(2)21-9-7-15(8-10-21)17-19-20-18(22-17)16-6-5-13(3)11-14(16)4/h5-6,11-12,15H,7-10H2,1-4H3. The Morgan fingerprint density at radius 1 is 1.14 bits per heavy atom. The van der Waals surface area contributed by atoms with Crippen molar-refractivity contribution >= 4 is 0 Å². The van der Waals surface area contributed by atoms with Crippen LogP contribution >= 0.6 is 0 Å². The van der Waals surface area contributed by atoms with E-state index in [1.54, 1.807) is 0 Å². The van der Waals surface area contributed by atoms with Crippen LogP contribution in [0.2, 0.25) is 0 Å². The van der Waals surface area contributed by atoms with Crippen LogP contribution in [0.5, 0.6) is 0 Å². The number of aryl methyl sites for hydroxylation is 2. The van der Waals surface area contributed by atoms with E-state index in [0.717, 1.165) is 37.4 Å². The number of likely N-dealkylation sites (tertiary alicyclic amines) is 1. The maximum absolute atomic E-state index is 5.98. The van der Waals surface area contributed by atoms with Gasteiger partial charge in [-0.1, -0.05) is 17.7 Å². The highest BCUT2D eigenvalue weighted by atomic mass is 16.4. The average molecular weight is 299 g/mol. The minimum Gasteiger partial charge on any atom is -0.420 e. The summed E-state index contributed by atoms with van der Waals surface area (Å²) in [6.07, 6.45) is 2.21. The van der Waals surface area contributed by atoms with Crippen molar-refractivity contribution in [1.82, 2.24) is 15.1 Å². The molecular weight excluding hydrogens is 274 g/mol. The van der Waals surface area contributed by atoms with Crippen molar-refractivity contribution in [1.29, 1.82) is 0 Å². The smallest absolute Gasteiger partial charge is 0.248 e. The van der Waals surface area contributed by atoms with E-state index in [9.17, 15) is 0 Å². The Kier molecular flexibility index (Phi) is 4.30. The number of hydrogen-bond donors (Lipinski definition) is 0. The fraction of sp³-hybridized carbons (Fsp3) is 0.556. The van der Waals surface area contributed by atoms with E-state index in [2.05, 4.69) is 61.0 Å². The van der Waals surface area contributed by atoms with Gasteiger partial charge in [0.15, 0.2) is 0 Å². The molecule has 2 heterocycles. The van der Waals surface area contributed by atoms with Crippen molar-refractivity contribution in [3.8, 4) is 11.5 Å². The summed E-state index contributed by atoms with van der Waals surface area (Å²) in [6.45, 7) is 10.9. The summed E-state index contributed by atoms with van der Waals surface area (Å²) in [4.78, 5) is 2.51. The van der Waals surface area contributed by atoms with Gasteiger partial charge in [-0.3, -0.25) is 0 Å². The maximum atomic E-state index is 5.98. The molecule has 1 aromatic heterocycles. The van der Waals surface area contributed by atoms with Crippen LogP contribution in [0.4, 0.5) is 0 Å². The third kappa shape index (κ3) is 3.07. The highest BCUT2D eigenvalue weighted by Gasteiger charge is 2.26. The molecule has 0 atom stereocenters. The molecule has 118 valence electrons. The average Bonchev–Trinajstić information content (AvgIpc) is 2.97. The lowest BCUT2D eigenvalue weighted by molar-refractivity contribution is 0.163. The summed E-state index contributed by atoms with van der Waals surface area (Å²) >= 11 is 0. The summed E-state index contributed by atoms with van der Waals surface area (Å²) in [7, 11) is 0. The molecule has 0 spiro atoms. The summed E-state index contributed by atoms with van der Waals surface area (Å²) in [5.41, 5.74) is 3.48. The number of benzene rings is 1. The summed E-state index contributed by atoms with van der Waals surface area (Å²) < 4.78 is 5.98. The molecule has 1 aromatic carbocycles. The van der Waals surface area contributed by atoms with Crippen molar-refractivity contribution in [3.63, 3.8) is 0 Å². The topological polar surface area (TPSA) is 42.2 Å². The monoisotopic (exact) mass is 299 g/mol. The van der Waals surface area contributed by atoms with E-state index in [0.29, 0.717) is 17.9 Å². The van der Waals surface area contributed by atoms with Gasteiger partial charge in [0.2, 0.25) is 11.8 Å². The molecule has 1 aliphatic rings. The van der Waals surface area contributed by atoms with Crippen LogP contribution in [-0.4, -0.2) is 34.2 Å². The molecule has 22 heavy (non-hydrogen) atoms. The Labute approximate surface area is 132 Å². The zero-order valence-corrected chi connectivity index (χ0v) is 14.0. The van der Waals surface area contributed by atoms with E-state index in [1.165, 1.54) is 11.1 Å². The van der Waals surface area contributed by atoms with Crippen LogP contribution in [-0.2, 0) is 0 Å². The lowest BCUT2D eigenvalue weighted by Crippen LogP contribution is -2.37. The zero-order chi connectivity index (χ0) is 15.7. The fourth-order valence-corrected chi connectivity index (χ4v) is 3.22. The molecule has 3 rings (SSSR count). The molecule has 2 aromatic rings. The molecule has 0 N–H and O–H groups in total. The van der Waals surface area contributed by atoms with E-state index < -0.39 is 0 Å². The van der Waals surface area contributed by atoms with Crippen molar-refractivity contribution in [2.45, 2.75) is 52.5 Å². The quantitative estimate of drug-likeness (QED) is 0.861. The minimum absolute atomic E-state index is 0.405. The van der Waals surface area contributed by atoms with Crippen LogP contribution in [0.1, 0.15) is 49.6 Å². The molecule has 4 nitrogen and oxygen atoms in total. The number of rotatable bonds is 3. The third-order valence-corrected chi connectivity index (χ3v) is 4.66. The number of nitrogens with zero attached hydrogens (tertiary/aromatic N) is 3. The molecule has 0 bridgehead atoms. The van der Waals surface area contributed by atoms with Gasteiger partial charge in [0.25, 0.3) is 0 Å². The molecule has 0 amide bonds. The first-order valence-electron chi connectivity index (χ1n) is 8.19. The van der Waals surface area contributed by atoms with Crippen LogP contribution in [0, 0.1) is 13.8 Å². The van der Waals surface area contributed by atoms with Gasteiger partial charge in [0, 0.05) is 17.5 Å². The minimum atomic E-state index is 0.405. The lowest BCUT2D eigenvalue weighted by atomic mass is 9.96. The highest BCUT2D eigenvalue weighted by Crippen LogP contribution is 2.30. The van der Waals surface area contributed by atoms with Crippen molar-refractivity contribution < 1.29 is 4.42 Å². The third-order valence-electron chi connectivity index (χ3n) is 4.66. The summed E-state index contributed by atoms with van der Waals surface area (Å²) in [5, 5.41) is 8.59. The first-order valence-corrected chi connectivity index (χ1v) is 8.19. The van der Waals surface area contributed by atoms with Crippen LogP contribution in [0.15, 0.2) is 22.6 Å². The molecule has 4 heteroatoms. The second kappa shape index (κ2) is 6.21. The van der Waals surface area contributed by atoms with Crippen molar-refractivity contribution in [2.75, 3.05) is 13.1 Å². The molecule has 1 fully saturated rings.